The van der Waals surface area contributed by atoms with Crippen LogP contribution in [0.4, 0.5) is 4.79 Å². The highest BCUT2D eigenvalue weighted by Gasteiger charge is 2.28. The fraction of sp³-hybridized carbons (Fsp3) is 0.786. The molecule has 0 radical (unpaired) electrons. The van der Waals surface area contributed by atoms with Crippen molar-refractivity contribution in [3.63, 3.8) is 0 Å². The second kappa shape index (κ2) is 7.28. The van der Waals surface area contributed by atoms with Crippen molar-refractivity contribution in [1.29, 1.82) is 0 Å². The van der Waals surface area contributed by atoms with Crippen LogP contribution >= 0.6 is 0 Å². The fourth-order valence-corrected chi connectivity index (χ4v) is 0.984. The summed E-state index contributed by atoms with van der Waals surface area (Å²) in [7, 11) is 0. The lowest BCUT2D eigenvalue weighted by molar-refractivity contribution is -0.157. The summed E-state index contributed by atoms with van der Waals surface area (Å²) in [6, 6.07) is -3.44. The van der Waals surface area contributed by atoms with Gasteiger partial charge in [0, 0.05) is 11.9 Å². The molecule has 0 aromatic carbocycles. The van der Waals surface area contributed by atoms with Crippen LogP contribution in [-0.2, 0) is 19.1 Å². The van der Waals surface area contributed by atoms with E-state index in [9.17, 15) is 14.4 Å². The van der Waals surface area contributed by atoms with E-state index in [0.717, 1.165) is 0 Å². The number of ether oxygens (including phenoxy) is 2. The number of hydrogen-bond acceptors (Lipinski definition) is 5. The monoisotopic (exact) mass is 308 g/mol. The number of carboxylic acid groups (broad SMARTS) is 1. The lowest BCUT2D eigenvalue weighted by Gasteiger charge is -2.26. The molecule has 0 unspecified atom stereocenters. The van der Waals surface area contributed by atoms with Gasteiger partial charge in [-0.2, -0.15) is 0 Å². The first kappa shape index (κ1) is 11.8. The first-order valence-electron chi connectivity index (χ1n) is 8.65. The largest absolute Gasteiger partial charge is 0.481 e. The van der Waals surface area contributed by atoms with Gasteiger partial charge in [0.25, 0.3) is 0 Å². The fourth-order valence-electron chi connectivity index (χ4n) is 0.984. The Balaban J connectivity index is 6.16. The molecule has 0 aliphatic heterocycles. The van der Waals surface area contributed by atoms with Crippen molar-refractivity contribution in [2.75, 3.05) is 0 Å². The van der Waals surface area contributed by atoms with Crippen LogP contribution in [0.5, 0.6) is 0 Å². The molecule has 0 heterocycles. The van der Waals surface area contributed by atoms with Crippen LogP contribution in [0.2, 0.25) is 0 Å². The number of nitrogens with one attached hydrogen (secondary N) is 1. The number of rotatable bonds is 5. The number of carbonyl (C=O) groups is 3. The molecule has 0 aromatic heterocycles. The van der Waals surface area contributed by atoms with Gasteiger partial charge in [-0.1, -0.05) is 0 Å². The molecule has 2 N–H and O–H groups in total. The van der Waals surface area contributed by atoms with Crippen molar-refractivity contribution < 1.29 is 35.8 Å². The highest BCUT2D eigenvalue weighted by Crippen LogP contribution is 2.12. The summed E-state index contributed by atoms with van der Waals surface area (Å²) in [6.07, 6.45) is -8.84. The Kier molecular flexibility index (Phi) is 4.10. The van der Waals surface area contributed by atoms with Gasteiger partial charge in [0.05, 0.1) is 1.37 Å². The van der Waals surface area contributed by atoms with E-state index in [2.05, 4.69) is 0 Å². The Morgan fingerprint density at radius 1 is 1.14 bits per heavy atom. The van der Waals surface area contributed by atoms with Crippen LogP contribution in [0.1, 0.15) is 61.1 Å². The molecule has 0 spiro atoms. The average Bonchev–Trinajstić information content (AvgIpc) is 2.32. The summed E-state index contributed by atoms with van der Waals surface area (Å²) in [4.78, 5) is 35.6. The molecule has 0 fully saturated rings. The molecule has 21 heavy (non-hydrogen) atoms. The molecular formula is C14H25NO6. The van der Waals surface area contributed by atoms with Gasteiger partial charge in [-0.3, -0.25) is 4.79 Å². The van der Waals surface area contributed by atoms with Gasteiger partial charge >= 0.3 is 18.0 Å². The van der Waals surface area contributed by atoms with Crippen molar-refractivity contribution in [2.45, 2.75) is 71.5 Å². The summed E-state index contributed by atoms with van der Waals surface area (Å²) in [5, 5.41) is 10.6. The van der Waals surface area contributed by atoms with Crippen molar-refractivity contribution >= 4 is 18.0 Å². The van der Waals surface area contributed by atoms with Gasteiger partial charge in [-0.05, 0) is 47.9 Å². The van der Waals surface area contributed by atoms with Crippen molar-refractivity contribution in [2.24, 2.45) is 0 Å². The van der Waals surface area contributed by atoms with Gasteiger partial charge in [-0.25, -0.2) is 9.59 Å². The zero-order valence-electron chi connectivity index (χ0n) is 18.0. The number of carbonyl (C=O) groups excluding carboxylic acids is 2. The number of esters is 1. The van der Waals surface area contributed by atoms with Crippen molar-refractivity contribution in [3.05, 3.63) is 0 Å². The van der Waals surface area contributed by atoms with E-state index < -0.39 is 48.0 Å². The van der Waals surface area contributed by atoms with E-state index in [1.54, 1.807) is 5.32 Å². The third kappa shape index (κ3) is 10.6. The molecule has 0 rings (SSSR count). The second-order valence-corrected chi connectivity index (χ2v) is 6.06. The minimum atomic E-state index is -3.72. The Bertz CT molecular complexity index is 581. The van der Waals surface area contributed by atoms with E-state index in [-0.39, 0.29) is 0 Å². The minimum Gasteiger partial charge on any atom is -0.481 e. The summed E-state index contributed by atoms with van der Waals surface area (Å²) < 4.78 is 48.5. The predicted octanol–water partition coefficient (Wildman–Crippen LogP) is 2.09. The van der Waals surface area contributed by atoms with Crippen molar-refractivity contribution in [3.8, 4) is 0 Å². The summed E-state index contributed by atoms with van der Waals surface area (Å²) in [5.41, 5.74) is -2.29. The normalized spacial score (nSPS) is 19.6. The number of carboxylic acids is 1. The third-order valence-electron chi connectivity index (χ3n) is 1.52. The molecule has 1 atom stereocenters. The highest BCUT2D eigenvalue weighted by atomic mass is 16.6. The van der Waals surface area contributed by atoms with Crippen LogP contribution in [-0.4, -0.2) is 40.4 Å². The van der Waals surface area contributed by atoms with Crippen LogP contribution in [0.25, 0.3) is 0 Å². The third-order valence-corrected chi connectivity index (χ3v) is 1.52. The number of aliphatic carboxylic acids is 1. The van der Waals surface area contributed by atoms with Gasteiger partial charge in [0.1, 0.15) is 17.2 Å². The molecule has 0 aliphatic rings. The number of hydrogen-bond donors (Lipinski definition) is 2. The van der Waals surface area contributed by atoms with E-state index in [1.165, 1.54) is 41.5 Å². The predicted molar refractivity (Wildman–Crippen MR) is 75.9 cm³/mol. The quantitative estimate of drug-likeness (QED) is 0.754. The van der Waals surface area contributed by atoms with Crippen LogP contribution < -0.4 is 5.32 Å². The van der Waals surface area contributed by atoms with E-state index in [0.29, 0.717) is 0 Å². The maximum Gasteiger partial charge on any atom is 0.408 e. The summed E-state index contributed by atoms with van der Waals surface area (Å²) >= 11 is 0. The van der Waals surface area contributed by atoms with Crippen molar-refractivity contribution in [1.82, 2.24) is 5.32 Å². The van der Waals surface area contributed by atoms with Crippen LogP contribution in [0, 0.1) is 0 Å². The van der Waals surface area contributed by atoms with Gasteiger partial charge in [-0.15, -0.1) is 0 Å². The van der Waals surface area contributed by atoms with Gasteiger partial charge in [0.2, 0.25) is 0 Å². The Morgan fingerprint density at radius 2 is 1.62 bits per heavy atom. The van der Waals surface area contributed by atoms with E-state index in [4.69, 9.17) is 21.4 Å². The zero-order chi connectivity index (χ0) is 21.4. The molecule has 0 aliphatic carbocycles. The standard InChI is InChI=1S/C14H25NO6/c1-13(2,3)20-11(18)9(7-8-10(16)17)15-12(19)21-14(4,5)6/h9H,7-8H2,1-6H3,(H,15,19)(H,16,17)/t9-/m0/s1/i7D2,8D2,9D. The first-order chi connectivity index (χ1) is 11.2. The molecule has 0 saturated heterocycles. The lowest BCUT2D eigenvalue weighted by Crippen LogP contribution is -2.46. The molecule has 0 aromatic rings. The average molecular weight is 308 g/mol. The molecule has 7 nitrogen and oxygen atoms in total. The van der Waals surface area contributed by atoms with E-state index >= 15 is 0 Å². The lowest BCUT2D eigenvalue weighted by atomic mass is 10.1. The number of amides is 1. The molecule has 122 valence electrons. The maximum absolute atomic E-state index is 12.4. The zero-order valence-corrected chi connectivity index (χ0v) is 13.0. The number of alkyl carbamates (subject to hydrolysis) is 1. The Hall–Kier alpha value is -1.79. The Morgan fingerprint density at radius 3 is 2.00 bits per heavy atom. The van der Waals surface area contributed by atoms with Crippen LogP contribution in [0.3, 0.4) is 0 Å². The van der Waals surface area contributed by atoms with Gasteiger partial charge in [0.15, 0.2) is 0 Å². The molecule has 0 bridgehead atoms. The molecule has 7 heteroatoms. The SMILES string of the molecule is [2H]C([2H])(C(=O)O)C([2H])([2H])[C@]([2H])(NC(=O)OC(C)(C)C)C(=O)OC(C)(C)C. The summed E-state index contributed by atoms with van der Waals surface area (Å²) in [6.45, 7) is 8.62. The molecule has 1 amide bonds. The molecular weight excluding hydrogens is 278 g/mol. The molecule has 0 saturated carbocycles. The van der Waals surface area contributed by atoms with E-state index in [1.807, 2.05) is 0 Å². The maximum atomic E-state index is 12.4. The van der Waals surface area contributed by atoms with Gasteiger partial charge < -0.3 is 19.9 Å². The smallest absolute Gasteiger partial charge is 0.408 e. The Labute approximate surface area is 132 Å². The topological polar surface area (TPSA) is 102 Å². The summed E-state index contributed by atoms with van der Waals surface area (Å²) in [5.74, 6) is -3.93. The minimum absolute atomic E-state index is 1.07. The van der Waals surface area contributed by atoms with Crippen LogP contribution in [0.15, 0.2) is 0 Å². The highest BCUT2D eigenvalue weighted by molar-refractivity contribution is 5.82. The first-order valence-corrected chi connectivity index (χ1v) is 6.15. The second-order valence-electron chi connectivity index (χ2n) is 6.06.